The molecule has 1 aromatic heterocycles. The Morgan fingerprint density at radius 2 is 1.85 bits per heavy atom. The van der Waals surface area contributed by atoms with Gasteiger partial charge in [0, 0.05) is 55.3 Å². The zero-order chi connectivity index (χ0) is 22.8. The number of aromatic nitrogens is 2. The minimum atomic E-state index is -0.931. The van der Waals surface area contributed by atoms with Crippen molar-refractivity contribution >= 4 is 48.3 Å². The first-order chi connectivity index (χ1) is 15.3. The number of amides is 1. The Labute approximate surface area is 216 Å². The highest BCUT2D eigenvalue weighted by Crippen LogP contribution is 2.44. The Kier molecular flexibility index (Phi) is 10.4. The maximum absolute atomic E-state index is 13.9. The van der Waals surface area contributed by atoms with Crippen LogP contribution in [0.5, 0.6) is 0 Å². The van der Waals surface area contributed by atoms with Crippen molar-refractivity contribution in [3.05, 3.63) is 53.0 Å². The maximum Gasteiger partial charge on any atom is 0.231 e. The minimum Gasteiger partial charge on any atom is -0.353 e. The Bertz CT molecular complexity index is 992. The van der Waals surface area contributed by atoms with Crippen LogP contribution < -0.4 is 10.2 Å². The minimum absolute atomic E-state index is 0. The van der Waals surface area contributed by atoms with Crippen molar-refractivity contribution in [1.82, 2.24) is 20.2 Å². The summed E-state index contributed by atoms with van der Waals surface area (Å²) in [7, 11) is 0. The fourth-order valence-corrected chi connectivity index (χ4v) is 5.33. The molecule has 0 bridgehead atoms. The first-order valence-corrected chi connectivity index (χ1v) is 12.1. The average molecular weight is 535 g/mol. The van der Waals surface area contributed by atoms with E-state index in [-0.39, 0.29) is 36.8 Å². The smallest absolute Gasteiger partial charge is 0.231 e. The molecule has 1 amide bonds. The number of piperazine rings is 1. The monoisotopic (exact) mass is 533 g/mol. The highest BCUT2D eigenvalue weighted by atomic mass is 35.5. The first-order valence-electron chi connectivity index (χ1n) is 11.0. The molecule has 0 radical (unpaired) electrons. The molecular formula is C23H31Cl2F2N5OS. The summed E-state index contributed by atoms with van der Waals surface area (Å²) in [6.45, 7) is 8.99. The van der Waals surface area contributed by atoms with Gasteiger partial charge < -0.3 is 15.1 Å². The molecule has 34 heavy (non-hydrogen) atoms. The molecule has 11 heteroatoms. The predicted octanol–water partition coefficient (Wildman–Crippen LogP) is 4.34. The molecule has 2 aliphatic heterocycles. The molecule has 1 fully saturated rings. The Balaban J connectivity index is 0.00000204. The summed E-state index contributed by atoms with van der Waals surface area (Å²) in [6, 6.07) is 3.90. The maximum atomic E-state index is 13.9. The number of nitrogens with one attached hydrogen (secondary N) is 1. The molecular weight excluding hydrogens is 503 g/mol. The molecule has 4 rings (SSSR count). The summed E-state index contributed by atoms with van der Waals surface area (Å²) < 4.78 is 27.3. The summed E-state index contributed by atoms with van der Waals surface area (Å²) in [4.78, 5) is 26.4. The summed E-state index contributed by atoms with van der Waals surface area (Å²) in [5.74, 6) is -0.601. The highest BCUT2D eigenvalue weighted by Gasteiger charge is 2.32. The van der Waals surface area contributed by atoms with Crippen molar-refractivity contribution in [2.75, 3.05) is 37.6 Å². The Morgan fingerprint density at radius 3 is 2.50 bits per heavy atom. The van der Waals surface area contributed by atoms with Gasteiger partial charge in [-0.05, 0) is 24.6 Å². The summed E-state index contributed by atoms with van der Waals surface area (Å²) in [5, 5.41) is 3.63. The van der Waals surface area contributed by atoms with E-state index in [0.29, 0.717) is 43.5 Å². The van der Waals surface area contributed by atoms with Gasteiger partial charge in [0.15, 0.2) is 11.6 Å². The van der Waals surface area contributed by atoms with Crippen LogP contribution in [0, 0.1) is 11.6 Å². The van der Waals surface area contributed by atoms with E-state index in [1.165, 1.54) is 11.6 Å². The molecule has 1 N–H and O–H groups in total. The number of hydrogen-bond donors (Lipinski definition) is 1. The average Bonchev–Trinajstić information content (AvgIpc) is 3.17. The lowest BCUT2D eigenvalue weighted by atomic mass is 9.96. The van der Waals surface area contributed by atoms with Crippen LogP contribution in [-0.4, -0.2) is 59.5 Å². The van der Waals surface area contributed by atoms with Crippen molar-refractivity contribution in [3.8, 4) is 0 Å². The normalized spacial score (nSPS) is 18.2. The SMILES string of the molecule is CC(C)NCC(C(=O)N1CCN(c2ncnc3c2[C@H](C)SC3)CC1)c1ccc(F)c(F)c1.Cl.Cl. The van der Waals surface area contributed by atoms with Crippen molar-refractivity contribution in [2.24, 2.45) is 0 Å². The van der Waals surface area contributed by atoms with E-state index in [9.17, 15) is 13.6 Å². The number of nitrogens with zero attached hydrogens (tertiary/aromatic N) is 4. The van der Waals surface area contributed by atoms with Gasteiger partial charge in [-0.1, -0.05) is 19.9 Å². The van der Waals surface area contributed by atoms with Crippen LogP contribution in [-0.2, 0) is 10.5 Å². The second kappa shape index (κ2) is 12.3. The second-order valence-electron chi connectivity index (χ2n) is 8.61. The topological polar surface area (TPSA) is 61.4 Å². The third kappa shape index (κ3) is 6.11. The van der Waals surface area contributed by atoms with E-state index in [0.717, 1.165) is 29.4 Å². The van der Waals surface area contributed by atoms with Gasteiger partial charge in [-0.2, -0.15) is 0 Å². The van der Waals surface area contributed by atoms with E-state index in [4.69, 9.17) is 0 Å². The van der Waals surface area contributed by atoms with Crippen LogP contribution in [0.1, 0.15) is 48.8 Å². The van der Waals surface area contributed by atoms with Gasteiger partial charge in [0.2, 0.25) is 5.91 Å². The quantitative estimate of drug-likeness (QED) is 0.596. The van der Waals surface area contributed by atoms with E-state index in [1.54, 1.807) is 6.33 Å². The van der Waals surface area contributed by atoms with E-state index in [2.05, 4.69) is 27.1 Å². The number of hydrogen-bond acceptors (Lipinski definition) is 6. The lowest BCUT2D eigenvalue weighted by Crippen LogP contribution is -2.51. The molecule has 2 atom stereocenters. The first kappa shape index (κ1) is 28.6. The molecule has 0 saturated carbocycles. The fourth-order valence-electron chi connectivity index (χ4n) is 4.28. The summed E-state index contributed by atoms with van der Waals surface area (Å²) in [5.41, 5.74) is 2.80. The lowest BCUT2D eigenvalue weighted by Gasteiger charge is -2.38. The van der Waals surface area contributed by atoms with E-state index >= 15 is 0 Å². The van der Waals surface area contributed by atoms with E-state index < -0.39 is 17.6 Å². The number of carbonyl (C=O) groups excluding carboxylic acids is 1. The largest absolute Gasteiger partial charge is 0.353 e. The number of rotatable bonds is 6. The fraction of sp³-hybridized carbons (Fsp3) is 0.522. The van der Waals surface area contributed by atoms with Crippen LogP contribution >= 0.6 is 36.6 Å². The third-order valence-electron chi connectivity index (χ3n) is 6.09. The second-order valence-corrected chi connectivity index (χ2v) is 9.94. The Morgan fingerprint density at radius 1 is 1.15 bits per heavy atom. The molecule has 6 nitrogen and oxygen atoms in total. The zero-order valence-electron chi connectivity index (χ0n) is 19.5. The molecule has 188 valence electrons. The molecule has 1 aromatic carbocycles. The highest BCUT2D eigenvalue weighted by molar-refractivity contribution is 7.99. The van der Waals surface area contributed by atoms with Gasteiger partial charge in [0.1, 0.15) is 12.1 Å². The number of benzene rings is 1. The van der Waals surface area contributed by atoms with Crippen LogP contribution in [0.25, 0.3) is 0 Å². The molecule has 0 spiro atoms. The van der Waals surface area contributed by atoms with Gasteiger partial charge in [-0.15, -0.1) is 36.6 Å². The summed E-state index contributed by atoms with van der Waals surface area (Å²) >= 11 is 1.86. The zero-order valence-corrected chi connectivity index (χ0v) is 21.9. The standard InChI is InChI=1S/C23H29F2N5OS.2ClH/c1-14(2)26-11-17(16-4-5-18(24)19(25)10-16)23(31)30-8-6-29(7-9-30)22-21-15(3)32-12-20(21)27-13-28-22;;/h4-5,10,13-15,17,26H,6-9,11-12H2,1-3H3;2*1H/t15-,17?;;/m0../s1. The third-order valence-corrected chi connectivity index (χ3v) is 7.26. The van der Waals surface area contributed by atoms with Gasteiger partial charge in [0.25, 0.3) is 0 Å². The van der Waals surface area contributed by atoms with Crippen LogP contribution in [0.15, 0.2) is 24.5 Å². The van der Waals surface area contributed by atoms with Crippen molar-refractivity contribution < 1.29 is 13.6 Å². The molecule has 0 aliphatic carbocycles. The van der Waals surface area contributed by atoms with Crippen LogP contribution in [0.3, 0.4) is 0 Å². The predicted molar refractivity (Wildman–Crippen MR) is 137 cm³/mol. The number of anilines is 1. The van der Waals surface area contributed by atoms with Crippen molar-refractivity contribution in [1.29, 1.82) is 0 Å². The lowest BCUT2D eigenvalue weighted by molar-refractivity contribution is -0.133. The van der Waals surface area contributed by atoms with Crippen LogP contribution in [0.4, 0.5) is 14.6 Å². The van der Waals surface area contributed by atoms with Crippen molar-refractivity contribution in [2.45, 2.75) is 43.7 Å². The van der Waals surface area contributed by atoms with Gasteiger partial charge in [-0.25, -0.2) is 18.7 Å². The number of fused-ring (bicyclic) bond motifs is 1. The number of thioether (sulfide) groups is 1. The molecule has 2 aromatic rings. The van der Waals surface area contributed by atoms with Gasteiger partial charge >= 0.3 is 0 Å². The van der Waals surface area contributed by atoms with Gasteiger partial charge in [-0.3, -0.25) is 4.79 Å². The molecule has 1 saturated heterocycles. The van der Waals surface area contributed by atoms with Crippen LogP contribution in [0.2, 0.25) is 0 Å². The number of halogens is 4. The van der Waals surface area contributed by atoms with Gasteiger partial charge in [0.05, 0.1) is 11.6 Å². The van der Waals surface area contributed by atoms with Crippen molar-refractivity contribution in [3.63, 3.8) is 0 Å². The Hall–Kier alpha value is -1.68. The molecule has 2 aliphatic rings. The number of carbonyl (C=O) groups is 1. The molecule has 3 heterocycles. The molecule has 1 unspecified atom stereocenters. The summed E-state index contributed by atoms with van der Waals surface area (Å²) in [6.07, 6.45) is 1.63. The van der Waals surface area contributed by atoms with E-state index in [1.807, 2.05) is 30.5 Å².